The van der Waals surface area contributed by atoms with Crippen LogP contribution in [0.5, 0.6) is 11.5 Å². The highest BCUT2D eigenvalue weighted by Crippen LogP contribution is 2.55. The van der Waals surface area contributed by atoms with Gasteiger partial charge in [0.25, 0.3) is 0 Å². The highest BCUT2D eigenvalue weighted by atomic mass is 16.5. The van der Waals surface area contributed by atoms with Gasteiger partial charge in [0.1, 0.15) is 0 Å². The molecule has 1 saturated heterocycles. The van der Waals surface area contributed by atoms with Gasteiger partial charge in [-0.1, -0.05) is 24.6 Å². The van der Waals surface area contributed by atoms with Crippen molar-refractivity contribution in [2.24, 2.45) is 17.8 Å². The van der Waals surface area contributed by atoms with Gasteiger partial charge in [-0.05, 0) is 62.8 Å². The smallest absolute Gasteiger partial charge is 0.233 e. The summed E-state index contributed by atoms with van der Waals surface area (Å²) in [5.74, 6) is -2.29. The molecule has 1 aliphatic heterocycles. The molecule has 1 fully saturated rings. The van der Waals surface area contributed by atoms with E-state index in [1.54, 1.807) is 19.1 Å². The number of benzene rings is 1. The average Bonchev–Trinajstić information content (AvgIpc) is 3.08. The van der Waals surface area contributed by atoms with Gasteiger partial charge in [-0.3, -0.25) is 24.1 Å². The molecule has 4 aliphatic rings. The van der Waals surface area contributed by atoms with Crippen molar-refractivity contribution in [2.45, 2.75) is 46.0 Å². The molecule has 4 atom stereocenters. The molecular weight excluding hydrogens is 446 g/mol. The summed E-state index contributed by atoms with van der Waals surface area (Å²) in [6, 6.07) is 4.97. The maximum Gasteiger partial charge on any atom is 0.233 e. The summed E-state index contributed by atoms with van der Waals surface area (Å²) in [6.45, 7) is 6.12. The predicted molar refractivity (Wildman–Crippen MR) is 128 cm³/mol. The van der Waals surface area contributed by atoms with Crippen molar-refractivity contribution < 1.29 is 29.0 Å². The molecular formula is C28H29NO6. The number of imide groups is 1. The van der Waals surface area contributed by atoms with Gasteiger partial charge in [0.15, 0.2) is 23.1 Å². The number of aromatic hydroxyl groups is 1. The van der Waals surface area contributed by atoms with E-state index in [0.29, 0.717) is 54.0 Å². The van der Waals surface area contributed by atoms with E-state index in [2.05, 4.69) is 0 Å². The van der Waals surface area contributed by atoms with Crippen LogP contribution in [0.25, 0.3) is 0 Å². The number of fused-ring (bicyclic) bond motifs is 3. The zero-order valence-corrected chi connectivity index (χ0v) is 20.2. The number of allylic oxidation sites excluding steroid dienone is 6. The van der Waals surface area contributed by atoms with Gasteiger partial charge in [0.05, 0.1) is 18.4 Å². The quantitative estimate of drug-likeness (QED) is 0.397. The molecule has 0 bridgehead atoms. The fourth-order valence-corrected chi connectivity index (χ4v) is 6.25. The lowest BCUT2D eigenvalue weighted by molar-refractivity contribution is -0.140. The Morgan fingerprint density at radius 3 is 2.57 bits per heavy atom. The van der Waals surface area contributed by atoms with E-state index in [1.165, 1.54) is 17.0 Å². The summed E-state index contributed by atoms with van der Waals surface area (Å²) in [4.78, 5) is 54.4. The van der Waals surface area contributed by atoms with Crippen LogP contribution in [0.3, 0.4) is 0 Å². The van der Waals surface area contributed by atoms with Gasteiger partial charge in [0.2, 0.25) is 11.8 Å². The van der Waals surface area contributed by atoms with Crippen molar-refractivity contribution in [3.8, 4) is 11.5 Å². The van der Waals surface area contributed by atoms with Crippen molar-refractivity contribution in [3.63, 3.8) is 0 Å². The Balaban J connectivity index is 1.67. The molecule has 7 heteroatoms. The number of carbonyl (C=O) groups excluding carboxylic acids is 4. The maximum absolute atomic E-state index is 13.4. The first kappa shape index (κ1) is 23.3. The van der Waals surface area contributed by atoms with E-state index < -0.39 is 17.8 Å². The van der Waals surface area contributed by atoms with Crippen molar-refractivity contribution in [3.05, 3.63) is 58.2 Å². The van der Waals surface area contributed by atoms with Crippen LogP contribution >= 0.6 is 0 Å². The molecule has 5 rings (SSSR count). The third-order valence-electron chi connectivity index (χ3n) is 7.72. The molecule has 0 radical (unpaired) electrons. The number of nitrogens with zero attached hydrogens (tertiary/aromatic N) is 1. The zero-order valence-electron chi connectivity index (χ0n) is 20.2. The Morgan fingerprint density at radius 1 is 1.09 bits per heavy atom. The van der Waals surface area contributed by atoms with Crippen LogP contribution in [-0.2, 0) is 19.2 Å². The number of hydrogen-bond acceptors (Lipinski definition) is 6. The van der Waals surface area contributed by atoms with E-state index in [-0.39, 0.29) is 41.5 Å². The monoisotopic (exact) mass is 475 g/mol. The van der Waals surface area contributed by atoms with E-state index in [9.17, 15) is 24.3 Å². The Hall–Kier alpha value is -3.48. The lowest BCUT2D eigenvalue weighted by Crippen LogP contribution is -2.39. The summed E-state index contributed by atoms with van der Waals surface area (Å²) in [6.07, 6.45) is 4.76. The van der Waals surface area contributed by atoms with Gasteiger partial charge < -0.3 is 9.84 Å². The minimum absolute atomic E-state index is 0.0107. The summed E-state index contributed by atoms with van der Waals surface area (Å²) >= 11 is 0. The molecule has 1 heterocycles. The Kier molecular flexibility index (Phi) is 5.74. The topological polar surface area (TPSA) is 101 Å². The number of hydrogen-bond donors (Lipinski definition) is 1. The molecule has 1 N–H and O–H groups in total. The Morgan fingerprint density at radius 2 is 1.86 bits per heavy atom. The van der Waals surface area contributed by atoms with Crippen LogP contribution in [0.1, 0.15) is 51.5 Å². The standard InChI is InChI=1S/C28H29NO6/c1-4-10-29-27(33)17-8-7-16-18(24(17)28(29)34)13-19-25(21(31)11-14(3)26(19)32)23(16)15-6-9-20(30)22(12-15)35-5-2/h6-7,9,11-12,17-18,23-24,30H,4-5,8,10,13H2,1-3H3. The summed E-state index contributed by atoms with van der Waals surface area (Å²) < 4.78 is 5.59. The minimum atomic E-state index is -0.548. The predicted octanol–water partition coefficient (Wildman–Crippen LogP) is 3.63. The summed E-state index contributed by atoms with van der Waals surface area (Å²) in [5.41, 5.74) is 2.85. The SMILES string of the molecule is CCCN1C(=O)C2CC=C3C(c4ccc(O)c(OCC)c4)C4=C(CC3C2C1=O)C(=O)C(C)=CC4=O. The van der Waals surface area contributed by atoms with Gasteiger partial charge in [-0.2, -0.15) is 0 Å². The van der Waals surface area contributed by atoms with Gasteiger partial charge in [-0.25, -0.2) is 0 Å². The molecule has 4 unspecified atom stereocenters. The summed E-state index contributed by atoms with van der Waals surface area (Å²) in [5, 5.41) is 10.3. The molecule has 2 amide bonds. The van der Waals surface area contributed by atoms with Crippen molar-refractivity contribution in [2.75, 3.05) is 13.2 Å². The Labute approximate surface area is 204 Å². The lowest BCUT2D eigenvalue weighted by atomic mass is 9.59. The van der Waals surface area contributed by atoms with E-state index >= 15 is 0 Å². The van der Waals surface area contributed by atoms with Crippen LogP contribution in [0.2, 0.25) is 0 Å². The molecule has 35 heavy (non-hydrogen) atoms. The number of phenols is 1. The lowest BCUT2D eigenvalue weighted by Gasteiger charge is -2.42. The molecule has 0 saturated carbocycles. The van der Waals surface area contributed by atoms with Crippen molar-refractivity contribution in [1.29, 1.82) is 0 Å². The van der Waals surface area contributed by atoms with Crippen LogP contribution in [0.4, 0.5) is 0 Å². The second-order valence-electron chi connectivity index (χ2n) is 9.72. The van der Waals surface area contributed by atoms with Crippen molar-refractivity contribution >= 4 is 23.4 Å². The second kappa shape index (κ2) is 8.63. The highest BCUT2D eigenvalue weighted by Gasteiger charge is 2.56. The van der Waals surface area contributed by atoms with Crippen LogP contribution in [0, 0.1) is 17.8 Å². The maximum atomic E-state index is 13.4. The molecule has 1 aromatic carbocycles. The largest absolute Gasteiger partial charge is 0.504 e. The molecule has 3 aliphatic carbocycles. The van der Waals surface area contributed by atoms with E-state index in [0.717, 1.165) is 5.57 Å². The second-order valence-corrected chi connectivity index (χ2v) is 9.72. The van der Waals surface area contributed by atoms with Gasteiger partial charge in [0, 0.05) is 29.2 Å². The normalized spacial score (nSPS) is 27.9. The number of carbonyl (C=O) groups is 4. The third-order valence-corrected chi connectivity index (χ3v) is 7.72. The average molecular weight is 476 g/mol. The first-order valence-corrected chi connectivity index (χ1v) is 12.3. The third kappa shape index (κ3) is 3.48. The number of amides is 2. The molecule has 182 valence electrons. The number of likely N-dealkylation sites (tertiary alicyclic amines) is 1. The van der Waals surface area contributed by atoms with E-state index in [4.69, 9.17) is 4.74 Å². The molecule has 0 spiro atoms. The van der Waals surface area contributed by atoms with Crippen LogP contribution in [-0.4, -0.2) is 46.5 Å². The number of rotatable bonds is 5. The summed E-state index contributed by atoms with van der Waals surface area (Å²) in [7, 11) is 0. The fourth-order valence-electron chi connectivity index (χ4n) is 6.25. The number of ether oxygens (including phenoxy) is 1. The van der Waals surface area contributed by atoms with Gasteiger partial charge >= 0.3 is 0 Å². The Bertz CT molecular complexity index is 1250. The molecule has 1 aromatic rings. The zero-order chi connectivity index (χ0) is 25.0. The number of Topliss-reactive ketones (excluding diaryl/α,β-unsaturated/α-hetero) is 1. The van der Waals surface area contributed by atoms with Crippen LogP contribution < -0.4 is 4.74 Å². The molecule has 7 nitrogen and oxygen atoms in total. The molecule has 0 aromatic heterocycles. The first-order chi connectivity index (χ1) is 16.8. The highest BCUT2D eigenvalue weighted by molar-refractivity contribution is 6.23. The van der Waals surface area contributed by atoms with E-state index in [1.807, 2.05) is 19.9 Å². The minimum Gasteiger partial charge on any atom is -0.504 e. The number of ketones is 2. The fraction of sp³-hybridized carbons (Fsp3) is 0.429. The van der Waals surface area contributed by atoms with Crippen LogP contribution in [0.15, 0.2) is 52.6 Å². The first-order valence-electron chi connectivity index (χ1n) is 12.3. The van der Waals surface area contributed by atoms with Crippen molar-refractivity contribution in [1.82, 2.24) is 4.90 Å². The number of phenolic OH excluding ortho intramolecular Hbond substituents is 1. The van der Waals surface area contributed by atoms with Gasteiger partial charge in [-0.15, -0.1) is 0 Å².